The molecule has 2 aliphatic heterocycles. The van der Waals surface area contributed by atoms with Gasteiger partial charge in [0.15, 0.2) is 5.82 Å². The van der Waals surface area contributed by atoms with Gasteiger partial charge in [-0.15, -0.1) is 5.10 Å². The van der Waals surface area contributed by atoms with Crippen molar-refractivity contribution in [3.05, 3.63) is 81.6 Å². The molecule has 5 heterocycles. The standard InChI is InChI=1S/C26H21ClFN9O2/c1-35-21-9-13(2-5-17(21)32-26(35)39)18-11-29-25(31-18)20-6-3-15-8-14(10-22(38)37(15)20)23-19(36-12-30-33-34-36)7-4-16(27)24(23)28/h2,4-5,7,9-12,15,20H,3,6,8H2,1H3,(H,29,31)(H,32,39)/t15-,20+/m1/s1. The Morgan fingerprint density at radius 1 is 1.13 bits per heavy atom. The van der Waals surface area contributed by atoms with Gasteiger partial charge in [-0.1, -0.05) is 17.7 Å². The topological polar surface area (TPSA) is 130 Å². The van der Waals surface area contributed by atoms with Gasteiger partial charge in [-0.3, -0.25) is 9.36 Å². The number of nitrogens with one attached hydrogen (secondary N) is 2. The molecule has 3 aromatic heterocycles. The van der Waals surface area contributed by atoms with Crippen LogP contribution in [0.3, 0.4) is 0 Å². The fraction of sp³-hybridized carbons (Fsp3) is 0.231. The van der Waals surface area contributed by atoms with Crippen LogP contribution in [-0.2, 0) is 11.8 Å². The van der Waals surface area contributed by atoms with Gasteiger partial charge in [0.2, 0.25) is 5.91 Å². The average Bonchev–Trinajstić information content (AvgIpc) is 3.73. The number of aryl methyl sites for hydroxylation is 1. The van der Waals surface area contributed by atoms with Gasteiger partial charge in [0.05, 0.1) is 39.7 Å². The van der Waals surface area contributed by atoms with Crippen LogP contribution in [0.2, 0.25) is 5.02 Å². The lowest BCUT2D eigenvalue weighted by Crippen LogP contribution is -2.39. The predicted octanol–water partition coefficient (Wildman–Crippen LogP) is 3.54. The van der Waals surface area contributed by atoms with Crippen molar-refractivity contribution in [2.45, 2.75) is 31.3 Å². The number of H-pyrrole nitrogens is 2. The summed E-state index contributed by atoms with van der Waals surface area (Å²) in [6.45, 7) is 0. The summed E-state index contributed by atoms with van der Waals surface area (Å²) in [7, 11) is 1.72. The summed E-state index contributed by atoms with van der Waals surface area (Å²) in [6, 6.07) is 8.42. The number of amides is 1. The van der Waals surface area contributed by atoms with E-state index in [4.69, 9.17) is 11.6 Å². The molecule has 2 atom stereocenters. The molecule has 2 aliphatic rings. The molecule has 11 nitrogen and oxygen atoms in total. The van der Waals surface area contributed by atoms with Crippen LogP contribution in [0, 0.1) is 5.82 Å². The molecule has 2 N–H and O–H groups in total. The smallest absolute Gasteiger partial charge is 0.326 e. The molecule has 0 saturated carbocycles. The zero-order chi connectivity index (χ0) is 26.8. The Balaban J connectivity index is 1.21. The molecule has 1 saturated heterocycles. The molecule has 2 aromatic carbocycles. The van der Waals surface area contributed by atoms with Gasteiger partial charge in [-0.25, -0.2) is 14.2 Å². The molecular formula is C26H21ClFN9O2. The first-order chi connectivity index (χ1) is 18.9. The molecule has 1 amide bonds. The highest BCUT2D eigenvalue weighted by Gasteiger charge is 2.42. The zero-order valence-corrected chi connectivity index (χ0v) is 21.4. The number of halogens is 2. The van der Waals surface area contributed by atoms with Crippen molar-refractivity contribution in [3.8, 4) is 16.9 Å². The molecule has 0 aliphatic carbocycles. The maximum Gasteiger partial charge on any atom is 0.326 e. The highest BCUT2D eigenvalue weighted by atomic mass is 35.5. The second-order valence-electron chi connectivity index (χ2n) is 9.78. The van der Waals surface area contributed by atoms with Crippen LogP contribution in [0.15, 0.2) is 53.7 Å². The van der Waals surface area contributed by atoms with Gasteiger partial charge in [-0.2, -0.15) is 4.68 Å². The van der Waals surface area contributed by atoms with Crippen molar-refractivity contribution in [2.24, 2.45) is 7.05 Å². The van der Waals surface area contributed by atoms with E-state index in [2.05, 4.69) is 30.5 Å². The van der Waals surface area contributed by atoms with Gasteiger partial charge in [-0.05, 0) is 59.5 Å². The summed E-state index contributed by atoms with van der Waals surface area (Å²) in [5.41, 5.74) is 4.22. The number of aromatic nitrogens is 8. The number of carbonyl (C=O) groups excluding carboxylic acids is 1. The van der Waals surface area contributed by atoms with Crippen molar-refractivity contribution in [1.29, 1.82) is 0 Å². The largest absolute Gasteiger partial charge is 0.340 e. The highest BCUT2D eigenvalue weighted by Crippen LogP contribution is 2.44. The second kappa shape index (κ2) is 8.73. The summed E-state index contributed by atoms with van der Waals surface area (Å²) in [5.74, 6) is -0.143. The van der Waals surface area contributed by atoms with E-state index < -0.39 is 5.82 Å². The molecule has 0 unspecified atom stereocenters. The van der Waals surface area contributed by atoms with Crippen LogP contribution in [0.5, 0.6) is 0 Å². The maximum absolute atomic E-state index is 15.3. The lowest BCUT2D eigenvalue weighted by molar-refractivity contribution is -0.129. The van der Waals surface area contributed by atoms with E-state index in [1.54, 1.807) is 23.9 Å². The Bertz CT molecular complexity index is 1850. The Hall–Kier alpha value is -4.58. The minimum absolute atomic E-state index is 0.0390. The molecule has 5 aromatic rings. The molecule has 7 rings (SSSR count). The summed E-state index contributed by atoms with van der Waals surface area (Å²) in [6.07, 6.45) is 6.50. The van der Waals surface area contributed by atoms with Gasteiger partial charge < -0.3 is 14.9 Å². The Labute approximate surface area is 224 Å². The molecule has 0 spiro atoms. The van der Waals surface area contributed by atoms with E-state index in [0.29, 0.717) is 29.9 Å². The van der Waals surface area contributed by atoms with E-state index in [1.165, 1.54) is 23.2 Å². The van der Waals surface area contributed by atoms with Crippen molar-refractivity contribution >= 4 is 34.1 Å². The number of benzene rings is 2. The molecule has 1 fully saturated rings. The average molecular weight is 546 g/mol. The number of rotatable bonds is 4. The van der Waals surface area contributed by atoms with E-state index in [-0.39, 0.29) is 34.3 Å². The maximum atomic E-state index is 15.3. The van der Waals surface area contributed by atoms with E-state index >= 15 is 4.39 Å². The Morgan fingerprint density at radius 2 is 2.00 bits per heavy atom. The Morgan fingerprint density at radius 3 is 2.82 bits per heavy atom. The lowest BCUT2D eigenvalue weighted by Gasteiger charge is -2.33. The SMILES string of the molecule is Cn1c(=O)[nH]c2ccc(-c3cnc([C@@H]4CC[C@@H]5CC(c6c(-n7cnnn7)ccc(Cl)c6F)=CC(=O)N54)[nH]3)cc21. The fourth-order valence-corrected chi connectivity index (χ4v) is 5.91. The number of hydrogen-bond acceptors (Lipinski definition) is 6. The molecule has 13 heteroatoms. The monoisotopic (exact) mass is 545 g/mol. The first-order valence-corrected chi connectivity index (χ1v) is 12.8. The lowest BCUT2D eigenvalue weighted by atomic mass is 9.92. The number of hydrogen-bond donors (Lipinski definition) is 2. The van der Waals surface area contributed by atoms with Crippen molar-refractivity contribution in [2.75, 3.05) is 0 Å². The van der Waals surface area contributed by atoms with Crippen molar-refractivity contribution < 1.29 is 9.18 Å². The molecule has 196 valence electrons. The number of fused-ring (bicyclic) bond motifs is 2. The summed E-state index contributed by atoms with van der Waals surface area (Å²) < 4.78 is 18.2. The van der Waals surface area contributed by atoms with E-state index in [1.807, 2.05) is 23.1 Å². The van der Waals surface area contributed by atoms with E-state index in [0.717, 1.165) is 28.7 Å². The van der Waals surface area contributed by atoms with Crippen molar-refractivity contribution in [1.82, 2.24) is 44.6 Å². The van der Waals surface area contributed by atoms with E-state index in [9.17, 15) is 9.59 Å². The number of nitrogens with zero attached hydrogens (tertiary/aromatic N) is 7. The first kappa shape index (κ1) is 23.5. The van der Waals surface area contributed by atoms with Gasteiger partial charge in [0.25, 0.3) is 0 Å². The normalized spacial score (nSPS) is 19.1. The van der Waals surface area contributed by atoms with Crippen LogP contribution in [0.4, 0.5) is 4.39 Å². The molecule has 0 bridgehead atoms. The van der Waals surface area contributed by atoms with Gasteiger partial charge in [0, 0.05) is 30.3 Å². The number of tetrazole rings is 1. The molecule has 39 heavy (non-hydrogen) atoms. The quantitative estimate of drug-likeness (QED) is 0.355. The Kier molecular flexibility index (Phi) is 5.27. The first-order valence-electron chi connectivity index (χ1n) is 12.4. The summed E-state index contributed by atoms with van der Waals surface area (Å²) in [4.78, 5) is 38.1. The number of aromatic amines is 2. The third-order valence-electron chi connectivity index (χ3n) is 7.63. The van der Waals surface area contributed by atoms with Gasteiger partial charge in [0.1, 0.15) is 12.2 Å². The number of imidazole rings is 2. The predicted molar refractivity (Wildman–Crippen MR) is 140 cm³/mol. The molecular weight excluding hydrogens is 525 g/mol. The minimum Gasteiger partial charge on any atom is -0.340 e. The van der Waals surface area contributed by atoms with Gasteiger partial charge >= 0.3 is 5.69 Å². The number of carbonyl (C=O) groups is 1. The van der Waals surface area contributed by atoms with Crippen LogP contribution in [0.25, 0.3) is 33.6 Å². The summed E-state index contributed by atoms with van der Waals surface area (Å²) >= 11 is 6.12. The second-order valence-corrected chi connectivity index (χ2v) is 10.2. The third-order valence-corrected chi connectivity index (χ3v) is 7.92. The third kappa shape index (κ3) is 3.70. The zero-order valence-electron chi connectivity index (χ0n) is 20.6. The highest BCUT2D eigenvalue weighted by molar-refractivity contribution is 6.31. The van der Waals surface area contributed by atoms with Crippen LogP contribution < -0.4 is 5.69 Å². The van der Waals surface area contributed by atoms with Crippen LogP contribution >= 0.6 is 11.6 Å². The molecule has 0 radical (unpaired) electrons. The minimum atomic E-state index is -0.612. The van der Waals surface area contributed by atoms with Crippen LogP contribution in [-0.4, -0.2) is 56.6 Å². The summed E-state index contributed by atoms with van der Waals surface area (Å²) in [5, 5.41) is 11.1. The van der Waals surface area contributed by atoms with Crippen molar-refractivity contribution in [3.63, 3.8) is 0 Å². The van der Waals surface area contributed by atoms with Crippen LogP contribution in [0.1, 0.15) is 36.7 Å². The fourth-order valence-electron chi connectivity index (χ4n) is 5.75.